The number of amides is 1. The summed E-state index contributed by atoms with van der Waals surface area (Å²) in [4.78, 5) is 24.6. The summed E-state index contributed by atoms with van der Waals surface area (Å²) in [5, 5.41) is 6.86. The number of nitrogens with one attached hydrogen (secondary N) is 1. The number of methoxy groups -OCH3 is 1. The highest BCUT2D eigenvalue weighted by Crippen LogP contribution is 2.21. The first-order valence-corrected chi connectivity index (χ1v) is 9.38. The van der Waals surface area contributed by atoms with E-state index in [1.807, 2.05) is 30.3 Å². The molecule has 0 bridgehead atoms. The molecule has 1 N–H and O–H groups in total. The normalized spacial score (nSPS) is 11.6. The van der Waals surface area contributed by atoms with Crippen LogP contribution in [0.2, 0.25) is 0 Å². The van der Waals surface area contributed by atoms with Crippen molar-refractivity contribution in [2.75, 3.05) is 13.7 Å². The minimum atomic E-state index is -0.513. The van der Waals surface area contributed by atoms with Gasteiger partial charge in [-0.05, 0) is 42.8 Å². The van der Waals surface area contributed by atoms with Gasteiger partial charge in [-0.2, -0.15) is 5.10 Å². The number of para-hydroxylation sites is 1. The SMILES string of the molecule is COc1ccc(C(C)NC(=O)c2ccc(=O)n(CCOc3ccccc3)n2)cc1F. The molecule has 0 aliphatic heterocycles. The Bertz CT molecular complexity index is 1070. The van der Waals surface area contributed by atoms with Crippen LogP contribution in [0.1, 0.15) is 29.0 Å². The predicted molar refractivity (Wildman–Crippen MR) is 109 cm³/mol. The van der Waals surface area contributed by atoms with Crippen molar-refractivity contribution in [3.63, 3.8) is 0 Å². The molecule has 1 aromatic heterocycles. The Labute approximate surface area is 173 Å². The van der Waals surface area contributed by atoms with Crippen LogP contribution in [0, 0.1) is 5.82 Å². The van der Waals surface area contributed by atoms with Crippen LogP contribution < -0.4 is 20.3 Å². The molecule has 3 aromatic rings. The van der Waals surface area contributed by atoms with Gasteiger partial charge >= 0.3 is 0 Å². The van der Waals surface area contributed by atoms with Gasteiger partial charge in [0.2, 0.25) is 0 Å². The number of halogens is 1. The number of nitrogens with zero attached hydrogens (tertiary/aromatic N) is 2. The van der Waals surface area contributed by atoms with E-state index < -0.39 is 17.8 Å². The molecule has 0 aliphatic rings. The van der Waals surface area contributed by atoms with Crippen LogP contribution in [-0.2, 0) is 6.54 Å². The van der Waals surface area contributed by atoms with E-state index in [9.17, 15) is 14.0 Å². The van der Waals surface area contributed by atoms with Gasteiger partial charge in [-0.1, -0.05) is 24.3 Å². The lowest BCUT2D eigenvalue weighted by molar-refractivity contribution is 0.0931. The maximum atomic E-state index is 13.9. The third kappa shape index (κ3) is 5.22. The Morgan fingerprint density at radius 2 is 1.93 bits per heavy atom. The molecular weight excluding hydrogens is 389 g/mol. The molecule has 7 nitrogen and oxygen atoms in total. The Balaban J connectivity index is 1.65. The van der Waals surface area contributed by atoms with Crippen molar-refractivity contribution in [1.29, 1.82) is 0 Å². The molecule has 30 heavy (non-hydrogen) atoms. The minimum Gasteiger partial charge on any atom is -0.494 e. The van der Waals surface area contributed by atoms with Gasteiger partial charge in [0.15, 0.2) is 11.6 Å². The third-order valence-electron chi connectivity index (χ3n) is 4.44. The van der Waals surface area contributed by atoms with Crippen molar-refractivity contribution >= 4 is 5.91 Å². The van der Waals surface area contributed by atoms with E-state index in [1.165, 1.54) is 36.1 Å². The second-order valence-corrected chi connectivity index (χ2v) is 6.53. The van der Waals surface area contributed by atoms with Crippen LogP contribution in [0.4, 0.5) is 4.39 Å². The largest absolute Gasteiger partial charge is 0.494 e. The lowest BCUT2D eigenvalue weighted by Gasteiger charge is -2.15. The molecule has 0 fully saturated rings. The molecule has 2 aromatic carbocycles. The van der Waals surface area contributed by atoms with Crippen LogP contribution in [0.5, 0.6) is 11.5 Å². The van der Waals surface area contributed by atoms with E-state index in [2.05, 4.69) is 10.4 Å². The highest BCUT2D eigenvalue weighted by molar-refractivity contribution is 5.92. The molecule has 1 heterocycles. The molecule has 1 amide bonds. The van der Waals surface area contributed by atoms with Crippen LogP contribution in [0.3, 0.4) is 0 Å². The smallest absolute Gasteiger partial charge is 0.272 e. The Kier molecular flexibility index (Phi) is 6.79. The molecule has 156 valence electrons. The van der Waals surface area contributed by atoms with Crippen LogP contribution in [0.15, 0.2) is 65.5 Å². The Hall–Kier alpha value is -3.68. The topological polar surface area (TPSA) is 82.5 Å². The molecule has 1 unspecified atom stereocenters. The van der Waals surface area contributed by atoms with E-state index in [1.54, 1.807) is 13.0 Å². The first-order chi connectivity index (χ1) is 14.5. The zero-order valence-corrected chi connectivity index (χ0v) is 16.7. The lowest BCUT2D eigenvalue weighted by Crippen LogP contribution is -2.32. The molecule has 8 heteroatoms. The summed E-state index contributed by atoms with van der Waals surface area (Å²) < 4.78 is 25.6. The zero-order valence-electron chi connectivity index (χ0n) is 16.7. The van der Waals surface area contributed by atoms with Gasteiger partial charge in [-0.25, -0.2) is 9.07 Å². The van der Waals surface area contributed by atoms with Gasteiger partial charge in [0, 0.05) is 6.07 Å². The monoisotopic (exact) mass is 411 g/mol. The van der Waals surface area contributed by atoms with Crippen LogP contribution in [-0.4, -0.2) is 29.4 Å². The Morgan fingerprint density at radius 1 is 1.17 bits per heavy atom. The summed E-state index contributed by atoms with van der Waals surface area (Å²) in [6, 6.07) is 15.8. The van der Waals surface area contributed by atoms with Gasteiger partial charge in [0.25, 0.3) is 11.5 Å². The number of rotatable bonds is 8. The number of aromatic nitrogens is 2. The number of carbonyl (C=O) groups excluding carboxylic acids is 1. The second kappa shape index (κ2) is 9.69. The fraction of sp³-hybridized carbons (Fsp3) is 0.227. The van der Waals surface area contributed by atoms with Crippen molar-refractivity contribution in [1.82, 2.24) is 15.1 Å². The third-order valence-corrected chi connectivity index (χ3v) is 4.44. The lowest BCUT2D eigenvalue weighted by atomic mass is 10.1. The average Bonchev–Trinajstić information content (AvgIpc) is 2.75. The van der Waals surface area contributed by atoms with E-state index >= 15 is 0 Å². The molecular formula is C22H22FN3O4. The second-order valence-electron chi connectivity index (χ2n) is 6.53. The maximum Gasteiger partial charge on any atom is 0.272 e. The van der Waals surface area contributed by atoms with Crippen LogP contribution >= 0.6 is 0 Å². The number of benzene rings is 2. The summed E-state index contributed by atoms with van der Waals surface area (Å²) in [5.74, 6) is -0.179. The van der Waals surface area contributed by atoms with Crippen molar-refractivity contribution in [2.24, 2.45) is 0 Å². The van der Waals surface area contributed by atoms with Gasteiger partial charge in [-0.3, -0.25) is 9.59 Å². The zero-order chi connectivity index (χ0) is 21.5. The van der Waals surface area contributed by atoms with Crippen LogP contribution in [0.25, 0.3) is 0 Å². The first kappa shape index (κ1) is 21.0. The van der Waals surface area contributed by atoms with E-state index in [0.717, 1.165) is 0 Å². The first-order valence-electron chi connectivity index (χ1n) is 9.38. The number of ether oxygens (including phenoxy) is 2. The van der Waals surface area contributed by atoms with Crippen molar-refractivity contribution in [2.45, 2.75) is 19.5 Å². The molecule has 0 saturated heterocycles. The van der Waals surface area contributed by atoms with Crippen molar-refractivity contribution in [3.05, 3.63) is 88.1 Å². The molecule has 3 rings (SSSR count). The number of carbonyl (C=O) groups is 1. The Morgan fingerprint density at radius 3 is 2.63 bits per heavy atom. The minimum absolute atomic E-state index is 0.0788. The summed E-state index contributed by atoms with van der Waals surface area (Å²) in [6.07, 6.45) is 0. The molecule has 0 aliphatic carbocycles. The van der Waals surface area contributed by atoms with Gasteiger partial charge in [0.05, 0.1) is 19.7 Å². The fourth-order valence-electron chi connectivity index (χ4n) is 2.80. The highest BCUT2D eigenvalue weighted by atomic mass is 19.1. The molecule has 1 atom stereocenters. The van der Waals surface area contributed by atoms with E-state index in [-0.39, 0.29) is 30.2 Å². The summed E-state index contributed by atoms with van der Waals surface area (Å²) >= 11 is 0. The van der Waals surface area contributed by atoms with Crippen molar-refractivity contribution < 1.29 is 18.7 Å². The van der Waals surface area contributed by atoms with Gasteiger partial charge < -0.3 is 14.8 Å². The predicted octanol–water partition coefficient (Wildman–Crippen LogP) is 2.96. The summed E-state index contributed by atoms with van der Waals surface area (Å²) in [7, 11) is 1.38. The summed E-state index contributed by atoms with van der Waals surface area (Å²) in [6.45, 7) is 2.14. The average molecular weight is 411 g/mol. The maximum absolute atomic E-state index is 13.9. The fourth-order valence-corrected chi connectivity index (χ4v) is 2.80. The van der Waals surface area contributed by atoms with Gasteiger partial charge in [0.1, 0.15) is 18.1 Å². The molecule has 0 radical (unpaired) electrons. The highest BCUT2D eigenvalue weighted by Gasteiger charge is 2.15. The van der Waals surface area contributed by atoms with E-state index in [4.69, 9.17) is 9.47 Å². The van der Waals surface area contributed by atoms with Crippen molar-refractivity contribution in [3.8, 4) is 11.5 Å². The molecule has 0 saturated carbocycles. The number of hydrogen-bond donors (Lipinski definition) is 1. The van der Waals surface area contributed by atoms with Gasteiger partial charge in [-0.15, -0.1) is 0 Å². The number of hydrogen-bond acceptors (Lipinski definition) is 5. The quantitative estimate of drug-likeness (QED) is 0.616. The van der Waals surface area contributed by atoms with E-state index in [0.29, 0.717) is 11.3 Å². The summed E-state index contributed by atoms with van der Waals surface area (Å²) in [5.41, 5.74) is 0.315. The standard InChI is InChI=1S/C22H22FN3O4/c1-15(16-8-10-20(29-2)18(23)14-16)24-22(28)19-9-11-21(27)26(25-19)12-13-30-17-6-4-3-5-7-17/h3-11,14-15H,12-13H2,1-2H3,(H,24,28). The molecule has 0 spiro atoms.